The molecule has 0 fully saturated rings. The summed E-state index contributed by atoms with van der Waals surface area (Å²) in [5.74, 6) is -0.696. The molecule has 2 heterocycles. The molecule has 0 amide bonds. The molecule has 13 heteroatoms. The van der Waals surface area contributed by atoms with Gasteiger partial charge in [-0.25, -0.2) is 9.36 Å². The summed E-state index contributed by atoms with van der Waals surface area (Å²) in [5.41, 5.74) is -0.370. The van der Waals surface area contributed by atoms with Gasteiger partial charge in [0.15, 0.2) is 12.0 Å². The van der Waals surface area contributed by atoms with Crippen LogP contribution in [0.25, 0.3) is 0 Å². The van der Waals surface area contributed by atoms with Crippen molar-refractivity contribution in [1.82, 2.24) is 14.6 Å². The van der Waals surface area contributed by atoms with Crippen LogP contribution in [0.4, 0.5) is 0 Å². The second-order valence-electron chi connectivity index (χ2n) is 7.77. The van der Waals surface area contributed by atoms with Gasteiger partial charge in [-0.1, -0.05) is 6.08 Å². The second-order valence-corrected chi connectivity index (χ2v) is 9.46. The number of ketones is 1. The highest BCUT2D eigenvalue weighted by Gasteiger charge is 2.34. The van der Waals surface area contributed by atoms with Crippen molar-refractivity contribution in [3.63, 3.8) is 0 Å². The van der Waals surface area contributed by atoms with Crippen LogP contribution in [-0.2, 0) is 23.4 Å². The molecule has 0 spiro atoms. The monoisotopic (exact) mass is 507 g/mol. The van der Waals surface area contributed by atoms with Crippen molar-refractivity contribution in [2.75, 3.05) is 13.7 Å². The molecule has 1 aromatic heterocycles. The van der Waals surface area contributed by atoms with E-state index in [0.29, 0.717) is 11.1 Å². The zero-order valence-corrected chi connectivity index (χ0v) is 20.4. The lowest BCUT2D eigenvalue weighted by Crippen LogP contribution is -2.35. The Balaban J connectivity index is 1.72. The maximum Gasteiger partial charge on any atom is 0.459 e. The fraction of sp³-hybridized carbons (Fsp3) is 0.364. The summed E-state index contributed by atoms with van der Waals surface area (Å²) in [6.45, 7) is 4.14. The summed E-state index contributed by atoms with van der Waals surface area (Å²) >= 11 is 0. The Labute approximate surface area is 200 Å². The fourth-order valence-electron chi connectivity index (χ4n) is 3.13. The Morgan fingerprint density at radius 1 is 1.23 bits per heavy atom. The van der Waals surface area contributed by atoms with Crippen LogP contribution in [0.15, 0.2) is 52.2 Å². The van der Waals surface area contributed by atoms with Crippen molar-refractivity contribution in [2.45, 2.75) is 39.1 Å². The highest BCUT2D eigenvalue weighted by atomic mass is 31.2. The molecule has 1 aliphatic rings. The first-order valence-electron chi connectivity index (χ1n) is 10.6. The van der Waals surface area contributed by atoms with E-state index in [0.717, 1.165) is 0 Å². The molecule has 0 bridgehead atoms. The number of H-pyrrole nitrogens is 1. The number of hydrogen-bond donors (Lipinski definition) is 2. The third-order valence-corrected chi connectivity index (χ3v) is 6.67. The van der Waals surface area contributed by atoms with Crippen molar-refractivity contribution in [1.29, 1.82) is 0 Å². The maximum atomic E-state index is 13.5. The Bertz CT molecular complexity index is 1280. The van der Waals surface area contributed by atoms with Gasteiger partial charge in [0.05, 0.1) is 13.7 Å². The van der Waals surface area contributed by atoms with Crippen molar-refractivity contribution in [3.05, 3.63) is 74.6 Å². The van der Waals surface area contributed by atoms with Crippen LogP contribution in [0.5, 0.6) is 5.75 Å². The number of rotatable bonds is 10. The highest BCUT2D eigenvalue weighted by Crippen LogP contribution is 2.45. The first kappa shape index (κ1) is 26.3. The molecule has 3 rings (SSSR count). The van der Waals surface area contributed by atoms with Crippen LogP contribution in [0.1, 0.15) is 36.0 Å². The molecule has 12 nitrogen and oxygen atoms in total. The zero-order chi connectivity index (χ0) is 25.8. The molecule has 2 unspecified atom stereocenters. The Morgan fingerprint density at radius 2 is 1.91 bits per heavy atom. The van der Waals surface area contributed by atoms with Crippen LogP contribution in [0.2, 0.25) is 0 Å². The minimum atomic E-state index is -4.14. The van der Waals surface area contributed by atoms with E-state index in [-0.39, 0.29) is 18.1 Å². The van der Waals surface area contributed by atoms with Crippen LogP contribution in [0.3, 0.4) is 0 Å². The summed E-state index contributed by atoms with van der Waals surface area (Å²) in [6.07, 6.45) is 3.04. The number of carbonyl (C=O) groups excluding carboxylic acids is 2. The van der Waals surface area contributed by atoms with Gasteiger partial charge in [-0.2, -0.15) is 5.09 Å². The topological polar surface area (TPSA) is 155 Å². The van der Waals surface area contributed by atoms with Crippen molar-refractivity contribution in [2.24, 2.45) is 0 Å². The molecule has 1 aromatic carbocycles. The molecular weight excluding hydrogens is 481 g/mol. The van der Waals surface area contributed by atoms with E-state index < -0.39 is 43.3 Å². The third kappa shape index (κ3) is 6.64. The lowest BCUT2D eigenvalue weighted by molar-refractivity contribution is -0.142. The van der Waals surface area contributed by atoms with Crippen LogP contribution in [0, 0.1) is 6.92 Å². The van der Waals surface area contributed by atoms with E-state index in [2.05, 4.69) is 14.8 Å². The molecule has 0 saturated carbocycles. The average Bonchev–Trinajstić information content (AvgIpc) is 3.28. The molecule has 2 N–H and O–H groups in total. The average molecular weight is 507 g/mol. The van der Waals surface area contributed by atoms with E-state index in [9.17, 15) is 23.7 Å². The number of Topliss-reactive ketones (excluding diaryl/α,β-unsaturated/α-hetero) is 1. The number of methoxy groups -OCH3 is 1. The van der Waals surface area contributed by atoms with E-state index in [1.54, 1.807) is 19.1 Å². The van der Waals surface area contributed by atoms with Crippen molar-refractivity contribution >= 4 is 19.5 Å². The smallest absolute Gasteiger partial charge is 0.459 e. The standard InChI is InChI=1S/C22H26N3O9P/c1-13-11-25(22(29)23-20(13)27)19-10-9-18(33-19)12-32-35(30,24-14(2)21(28)31-4)34-17-7-5-16(6-8-17)15(3)26/h5-11,14,18-19H,12H2,1-4H3,(H,24,30)(H,23,27,29)/t14?,18-,19+,35?/m0/s1. The number of benzene rings is 1. The summed E-state index contributed by atoms with van der Waals surface area (Å²) in [4.78, 5) is 49.2. The normalized spacial score (nSPS) is 19.7. The quantitative estimate of drug-likeness (QED) is 0.211. The summed E-state index contributed by atoms with van der Waals surface area (Å²) in [7, 11) is -2.95. The summed E-state index contributed by atoms with van der Waals surface area (Å²) in [5, 5.41) is 2.51. The fourth-order valence-corrected chi connectivity index (χ4v) is 4.64. The number of hydrogen-bond acceptors (Lipinski definition) is 9. The molecular formula is C22H26N3O9P. The minimum absolute atomic E-state index is 0.138. The number of aromatic amines is 1. The number of esters is 1. The van der Waals surface area contributed by atoms with Gasteiger partial charge in [0.1, 0.15) is 17.9 Å². The van der Waals surface area contributed by atoms with Crippen molar-refractivity contribution in [3.8, 4) is 5.75 Å². The Morgan fingerprint density at radius 3 is 2.54 bits per heavy atom. The van der Waals surface area contributed by atoms with Gasteiger partial charge in [-0.15, -0.1) is 0 Å². The number of carbonyl (C=O) groups is 2. The maximum absolute atomic E-state index is 13.5. The molecule has 188 valence electrons. The molecule has 4 atom stereocenters. The number of aryl methyl sites for hydroxylation is 1. The lowest BCUT2D eigenvalue weighted by Gasteiger charge is -2.24. The third-order valence-electron chi connectivity index (χ3n) is 5.03. The van der Waals surface area contributed by atoms with Crippen LogP contribution >= 0.6 is 7.75 Å². The highest BCUT2D eigenvalue weighted by molar-refractivity contribution is 7.52. The number of ether oxygens (including phenoxy) is 2. The molecule has 0 saturated heterocycles. The molecule has 35 heavy (non-hydrogen) atoms. The largest absolute Gasteiger partial charge is 0.468 e. The van der Waals surface area contributed by atoms with E-state index >= 15 is 0 Å². The van der Waals surface area contributed by atoms with Crippen molar-refractivity contribution < 1.29 is 32.7 Å². The van der Waals surface area contributed by atoms with Crippen LogP contribution < -0.4 is 20.9 Å². The van der Waals surface area contributed by atoms with Gasteiger partial charge in [0.2, 0.25) is 0 Å². The van der Waals surface area contributed by atoms with E-state index in [1.165, 1.54) is 56.0 Å². The SMILES string of the molecule is COC(=O)C(C)NP(=O)(OC[C@@H]1C=C[C@H](n2cc(C)c(=O)[nH]c2=O)O1)Oc1ccc(C(C)=O)cc1. The minimum Gasteiger partial charge on any atom is -0.468 e. The first-order chi connectivity index (χ1) is 16.5. The molecule has 1 aliphatic heterocycles. The summed E-state index contributed by atoms with van der Waals surface area (Å²) in [6, 6.07) is 4.87. The second kappa shape index (κ2) is 11.0. The Hall–Kier alpha value is -3.31. The van der Waals surface area contributed by atoms with Gasteiger partial charge in [-0.3, -0.25) is 28.5 Å². The molecule has 2 aromatic rings. The van der Waals surface area contributed by atoms with E-state index in [1.807, 2.05) is 0 Å². The first-order valence-corrected chi connectivity index (χ1v) is 12.1. The molecule has 0 aliphatic carbocycles. The summed E-state index contributed by atoms with van der Waals surface area (Å²) < 4.78 is 36.2. The van der Waals surface area contributed by atoms with E-state index in [4.69, 9.17) is 13.8 Å². The number of nitrogens with zero attached hydrogens (tertiary/aromatic N) is 1. The predicted molar refractivity (Wildman–Crippen MR) is 124 cm³/mol. The Kier molecular flexibility index (Phi) is 8.23. The number of aromatic nitrogens is 2. The number of nitrogens with one attached hydrogen (secondary N) is 2. The molecule has 0 radical (unpaired) electrons. The van der Waals surface area contributed by atoms with Gasteiger partial charge < -0.3 is 14.0 Å². The van der Waals surface area contributed by atoms with Gasteiger partial charge in [0, 0.05) is 17.3 Å². The zero-order valence-electron chi connectivity index (χ0n) is 19.5. The van der Waals surface area contributed by atoms with Gasteiger partial charge in [0.25, 0.3) is 5.56 Å². The lowest BCUT2D eigenvalue weighted by atomic mass is 10.1. The van der Waals surface area contributed by atoms with Gasteiger partial charge in [-0.05, 0) is 51.1 Å². The predicted octanol–water partition coefficient (Wildman–Crippen LogP) is 1.86. The van der Waals surface area contributed by atoms with Gasteiger partial charge >= 0.3 is 19.4 Å². The van der Waals surface area contributed by atoms with Crippen LogP contribution in [-0.4, -0.2) is 47.2 Å².